The molecule has 6 nitrogen and oxygen atoms in total. The third-order valence-electron chi connectivity index (χ3n) is 5.59. The zero-order valence-corrected chi connectivity index (χ0v) is 20.2. The van der Waals surface area contributed by atoms with Gasteiger partial charge in [0.05, 0.1) is 0 Å². The van der Waals surface area contributed by atoms with Crippen LogP contribution in [0.5, 0.6) is 0 Å². The molecule has 0 spiro atoms. The van der Waals surface area contributed by atoms with Crippen molar-refractivity contribution in [3.63, 3.8) is 0 Å². The molecule has 3 N–H and O–H groups in total. The number of thiophene rings is 1. The zero-order chi connectivity index (χ0) is 22.4. The van der Waals surface area contributed by atoms with E-state index in [1.54, 1.807) is 28.6 Å². The van der Waals surface area contributed by atoms with Crippen molar-refractivity contribution in [3.8, 4) is 0 Å². The lowest BCUT2D eigenvalue weighted by Gasteiger charge is -2.31. The Labute approximate surface area is 193 Å². The Hall–Kier alpha value is -1.45. The van der Waals surface area contributed by atoms with Gasteiger partial charge in [-0.2, -0.15) is 4.31 Å². The van der Waals surface area contributed by atoms with E-state index in [-0.39, 0.29) is 0 Å². The largest absolute Gasteiger partial charge is 0.366 e. The first-order valence-electron chi connectivity index (χ1n) is 10.7. The van der Waals surface area contributed by atoms with E-state index in [9.17, 15) is 13.2 Å². The molecule has 1 aliphatic rings. The predicted molar refractivity (Wildman–Crippen MR) is 126 cm³/mol. The lowest BCUT2D eigenvalue weighted by Crippen LogP contribution is -2.44. The van der Waals surface area contributed by atoms with E-state index in [1.807, 2.05) is 6.07 Å². The Balaban J connectivity index is 1.62. The number of carbonyl (C=O) groups is 1. The fourth-order valence-electron chi connectivity index (χ4n) is 3.75. The molecule has 0 unspecified atom stereocenters. The molecule has 1 saturated heterocycles. The number of unbranched alkanes of at least 4 members (excludes halogenated alkanes) is 2. The Morgan fingerprint density at radius 3 is 2.65 bits per heavy atom. The van der Waals surface area contributed by atoms with Crippen LogP contribution < -0.4 is 11.1 Å². The van der Waals surface area contributed by atoms with Gasteiger partial charge in [0.15, 0.2) is 0 Å². The van der Waals surface area contributed by atoms with E-state index in [2.05, 4.69) is 12.2 Å². The third kappa shape index (κ3) is 6.29. The molecular formula is C22H30ClN3O3S2. The summed E-state index contributed by atoms with van der Waals surface area (Å²) >= 11 is 7.51. The van der Waals surface area contributed by atoms with Crippen LogP contribution in [-0.2, 0) is 16.4 Å². The summed E-state index contributed by atoms with van der Waals surface area (Å²) in [7, 11) is -3.50. The second-order valence-electron chi connectivity index (χ2n) is 7.91. The summed E-state index contributed by atoms with van der Waals surface area (Å²) in [6.45, 7) is 4.26. The number of nitrogens with zero attached hydrogens (tertiary/aromatic N) is 1. The molecule has 31 heavy (non-hydrogen) atoms. The van der Waals surface area contributed by atoms with Crippen molar-refractivity contribution in [1.29, 1.82) is 0 Å². The van der Waals surface area contributed by atoms with Crippen LogP contribution >= 0.6 is 22.9 Å². The Kier molecular flexibility index (Phi) is 8.52. The van der Waals surface area contributed by atoms with Crippen LogP contribution in [0, 0.1) is 0 Å². The van der Waals surface area contributed by atoms with E-state index in [1.165, 1.54) is 30.6 Å². The minimum Gasteiger partial charge on any atom is -0.366 e. The molecule has 0 atom stereocenters. The Morgan fingerprint density at radius 2 is 1.97 bits per heavy atom. The summed E-state index contributed by atoms with van der Waals surface area (Å²) in [6.07, 6.45) is 5.70. The van der Waals surface area contributed by atoms with Crippen molar-refractivity contribution >= 4 is 38.9 Å². The fraction of sp³-hybridized carbons (Fsp3) is 0.500. The fourth-order valence-corrected chi connectivity index (χ4v) is 6.94. The molecule has 1 aromatic carbocycles. The molecule has 0 aliphatic carbocycles. The number of nitrogens with one attached hydrogen (secondary N) is 1. The van der Waals surface area contributed by atoms with Crippen LogP contribution in [0.2, 0.25) is 5.02 Å². The molecule has 2 heterocycles. The van der Waals surface area contributed by atoms with Gasteiger partial charge in [0.25, 0.3) is 10.0 Å². The van der Waals surface area contributed by atoms with Crippen molar-refractivity contribution < 1.29 is 13.2 Å². The standard InChI is InChI=1S/C22H30ClN3O3S2/c1-2-3-4-11-25-18-9-12-26(13-10-18)31(28,29)21-8-6-19(30-21)15-17-14-16(22(24)27)5-7-20(17)23/h5-8,14,18,25H,2-4,9-13,15H2,1H3,(H2,24,27). The highest BCUT2D eigenvalue weighted by Crippen LogP contribution is 2.30. The SMILES string of the molecule is CCCCCNC1CCN(S(=O)(=O)c2ccc(Cc3cc(C(N)=O)ccc3Cl)s2)CC1. The van der Waals surface area contributed by atoms with Crippen molar-refractivity contribution in [2.45, 2.75) is 55.7 Å². The molecule has 9 heteroatoms. The average Bonchev–Trinajstić information content (AvgIpc) is 3.22. The maximum Gasteiger partial charge on any atom is 0.252 e. The molecule has 3 rings (SSSR count). The maximum atomic E-state index is 13.1. The molecule has 1 amide bonds. The smallest absolute Gasteiger partial charge is 0.252 e. The van der Waals surface area contributed by atoms with Gasteiger partial charge in [0.1, 0.15) is 4.21 Å². The first-order valence-corrected chi connectivity index (χ1v) is 13.3. The predicted octanol–water partition coefficient (Wildman–Crippen LogP) is 4.02. The lowest BCUT2D eigenvalue weighted by molar-refractivity contribution is 0.1000. The van der Waals surface area contributed by atoms with Crippen LogP contribution in [0.15, 0.2) is 34.5 Å². The summed E-state index contributed by atoms with van der Waals surface area (Å²) in [4.78, 5) is 12.3. The number of primary amides is 1. The highest BCUT2D eigenvalue weighted by atomic mass is 35.5. The summed E-state index contributed by atoms with van der Waals surface area (Å²) in [5.74, 6) is -0.518. The second-order valence-corrected chi connectivity index (χ2v) is 11.6. The summed E-state index contributed by atoms with van der Waals surface area (Å²) < 4.78 is 28.1. The van der Waals surface area contributed by atoms with E-state index in [4.69, 9.17) is 17.3 Å². The molecule has 0 saturated carbocycles. The highest BCUT2D eigenvalue weighted by molar-refractivity contribution is 7.91. The monoisotopic (exact) mass is 483 g/mol. The Bertz CT molecular complexity index is 999. The van der Waals surface area contributed by atoms with Gasteiger partial charge in [-0.05, 0) is 61.7 Å². The maximum absolute atomic E-state index is 13.1. The average molecular weight is 484 g/mol. The van der Waals surface area contributed by atoms with E-state index < -0.39 is 15.9 Å². The molecule has 170 valence electrons. The summed E-state index contributed by atoms with van der Waals surface area (Å²) in [5.41, 5.74) is 6.48. The zero-order valence-electron chi connectivity index (χ0n) is 17.8. The number of hydrogen-bond donors (Lipinski definition) is 2. The van der Waals surface area contributed by atoms with Crippen LogP contribution in [0.1, 0.15) is 59.8 Å². The number of sulfonamides is 1. The number of piperidine rings is 1. The van der Waals surface area contributed by atoms with Gasteiger partial charge in [0.2, 0.25) is 5.91 Å². The van der Waals surface area contributed by atoms with Crippen LogP contribution in [0.4, 0.5) is 0 Å². The van der Waals surface area contributed by atoms with Crippen LogP contribution in [0.25, 0.3) is 0 Å². The molecule has 2 aromatic rings. The number of hydrogen-bond acceptors (Lipinski definition) is 5. The van der Waals surface area contributed by atoms with Gasteiger partial charge >= 0.3 is 0 Å². The molecule has 1 fully saturated rings. The number of rotatable bonds is 10. The normalized spacial score (nSPS) is 15.9. The van der Waals surface area contributed by atoms with Gasteiger partial charge in [-0.15, -0.1) is 11.3 Å². The first kappa shape index (κ1) is 24.2. The molecule has 0 bridgehead atoms. The first-order chi connectivity index (χ1) is 14.8. The van der Waals surface area contributed by atoms with Gasteiger partial charge in [-0.25, -0.2) is 8.42 Å². The van der Waals surface area contributed by atoms with Gasteiger partial charge in [0, 0.05) is 41.0 Å². The number of nitrogens with two attached hydrogens (primary N) is 1. The van der Waals surface area contributed by atoms with Gasteiger partial charge < -0.3 is 11.1 Å². The van der Waals surface area contributed by atoms with E-state index in [0.717, 1.165) is 29.8 Å². The van der Waals surface area contributed by atoms with Crippen molar-refractivity contribution in [2.24, 2.45) is 5.73 Å². The van der Waals surface area contributed by atoms with Crippen LogP contribution in [0.3, 0.4) is 0 Å². The topological polar surface area (TPSA) is 92.5 Å². The van der Waals surface area contributed by atoms with Crippen LogP contribution in [-0.4, -0.2) is 44.3 Å². The quantitative estimate of drug-likeness (QED) is 0.499. The molecular weight excluding hydrogens is 454 g/mol. The molecule has 0 radical (unpaired) electrons. The minimum atomic E-state index is -3.50. The summed E-state index contributed by atoms with van der Waals surface area (Å²) in [5, 5.41) is 4.08. The summed E-state index contributed by atoms with van der Waals surface area (Å²) in [6, 6.07) is 8.76. The number of benzene rings is 1. The highest BCUT2D eigenvalue weighted by Gasteiger charge is 2.30. The minimum absolute atomic E-state index is 0.346. The van der Waals surface area contributed by atoms with Crippen molar-refractivity contribution in [2.75, 3.05) is 19.6 Å². The van der Waals surface area contributed by atoms with Crippen molar-refractivity contribution in [3.05, 3.63) is 51.4 Å². The molecule has 1 aliphatic heterocycles. The molecule has 1 aromatic heterocycles. The number of amides is 1. The third-order valence-corrected chi connectivity index (χ3v) is 9.41. The van der Waals surface area contributed by atoms with E-state index >= 15 is 0 Å². The van der Waals surface area contributed by atoms with Gasteiger partial charge in [-0.1, -0.05) is 31.4 Å². The van der Waals surface area contributed by atoms with E-state index in [0.29, 0.717) is 40.3 Å². The van der Waals surface area contributed by atoms with Gasteiger partial charge in [-0.3, -0.25) is 4.79 Å². The second kappa shape index (κ2) is 10.9. The lowest BCUT2D eigenvalue weighted by atomic mass is 10.1. The number of halogens is 1. The Morgan fingerprint density at radius 1 is 1.23 bits per heavy atom. The van der Waals surface area contributed by atoms with Crippen molar-refractivity contribution in [1.82, 2.24) is 9.62 Å². The number of carbonyl (C=O) groups excluding carboxylic acids is 1.